The van der Waals surface area contributed by atoms with Crippen molar-refractivity contribution in [3.8, 4) is 0 Å². The lowest BCUT2D eigenvalue weighted by atomic mass is 9.91. The van der Waals surface area contributed by atoms with Gasteiger partial charge in [-0.05, 0) is 30.8 Å². The fourth-order valence-electron chi connectivity index (χ4n) is 1.18. The molecule has 62 valence electrons. The molecule has 11 heavy (non-hydrogen) atoms. The molecule has 1 nitrogen and oxygen atoms in total. The molecule has 0 saturated carbocycles. The van der Waals surface area contributed by atoms with Crippen LogP contribution in [0.2, 0.25) is 0 Å². The summed E-state index contributed by atoms with van der Waals surface area (Å²) >= 11 is 5.82. The highest BCUT2D eigenvalue weighted by molar-refractivity contribution is 6.29. The summed E-state index contributed by atoms with van der Waals surface area (Å²) < 4.78 is 0. The number of hydrogen-bond donors (Lipinski definition) is 0. The summed E-state index contributed by atoms with van der Waals surface area (Å²) in [7, 11) is 0. The van der Waals surface area contributed by atoms with Crippen LogP contribution in [0.25, 0.3) is 0 Å². The van der Waals surface area contributed by atoms with Crippen molar-refractivity contribution in [1.29, 1.82) is 0 Å². The zero-order valence-corrected chi connectivity index (χ0v) is 7.80. The lowest BCUT2D eigenvalue weighted by Crippen LogP contribution is -2.07. The zero-order valence-electron chi connectivity index (χ0n) is 7.05. The highest BCUT2D eigenvalue weighted by Gasteiger charge is 2.10. The molecule has 0 N–H and O–H groups in total. The molecule has 0 fully saturated rings. The van der Waals surface area contributed by atoms with Gasteiger partial charge in [-0.3, -0.25) is 0 Å². The molecular weight excluding hydrogens is 158 g/mol. The minimum absolute atomic E-state index is 0.556. The molecule has 1 aliphatic rings. The van der Waals surface area contributed by atoms with E-state index < -0.39 is 0 Å². The van der Waals surface area contributed by atoms with E-state index in [0.717, 1.165) is 12.3 Å². The standard InChI is InChI=1S/C9H14ClN/c1-7-4-3-5-11-9(10)6-8(7)2/h5-8H,3-4H2,1-2H3/t7-,8?/m0/s1. The second-order valence-corrected chi connectivity index (χ2v) is 3.60. The van der Waals surface area contributed by atoms with Gasteiger partial charge in [-0.25, -0.2) is 4.99 Å². The lowest BCUT2D eigenvalue weighted by molar-refractivity contribution is 0.434. The van der Waals surface area contributed by atoms with Gasteiger partial charge in [0, 0.05) is 6.21 Å². The van der Waals surface area contributed by atoms with E-state index in [4.69, 9.17) is 11.6 Å². The van der Waals surface area contributed by atoms with Crippen molar-refractivity contribution >= 4 is 17.8 Å². The molecule has 0 aliphatic carbocycles. The summed E-state index contributed by atoms with van der Waals surface area (Å²) in [5.41, 5.74) is 0. The third kappa shape index (κ3) is 2.66. The zero-order chi connectivity index (χ0) is 8.27. The molecule has 0 aromatic carbocycles. The predicted octanol–water partition coefficient (Wildman–Crippen LogP) is 3.20. The molecule has 0 bridgehead atoms. The van der Waals surface area contributed by atoms with Gasteiger partial charge in [-0.2, -0.15) is 0 Å². The second-order valence-electron chi connectivity index (χ2n) is 3.21. The van der Waals surface area contributed by atoms with Crippen molar-refractivity contribution in [1.82, 2.24) is 0 Å². The Bertz CT molecular complexity index is 184. The Hall–Kier alpha value is -0.300. The smallest absolute Gasteiger partial charge is 0.124 e. The van der Waals surface area contributed by atoms with Gasteiger partial charge < -0.3 is 0 Å². The van der Waals surface area contributed by atoms with Gasteiger partial charge in [-0.1, -0.05) is 25.4 Å². The van der Waals surface area contributed by atoms with E-state index >= 15 is 0 Å². The Kier molecular flexibility index (Phi) is 3.13. The third-order valence-electron chi connectivity index (χ3n) is 2.26. The molecule has 1 rings (SSSR count). The first-order valence-corrected chi connectivity index (χ1v) is 4.48. The molecule has 1 heterocycles. The minimum Gasteiger partial charge on any atom is -0.249 e. The van der Waals surface area contributed by atoms with Crippen molar-refractivity contribution in [2.45, 2.75) is 26.7 Å². The highest BCUT2D eigenvalue weighted by Crippen LogP contribution is 2.22. The van der Waals surface area contributed by atoms with Crippen LogP contribution in [-0.2, 0) is 0 Å². The summed E-state index contributed by atoms with van der Waals surface area (Å²) in [6, 6.07) is 0. The number of rotatable bonds is 0. The topological polar surface area (TPSA) is 12.4 Å². The van der Waals surface area contributed by atoms with Crippen molar-refractivity contribution in [2.24, 2.45) is 16.8 Å². The highest BCUT2D eigenvalue weighted by atomic mass is 35.5. The van der Waals surface area contributed by atoms with Crippen LogP contribution in [0.1, 0.15) is 26.7 Å². The van der Waals surface area contributed by atoms with E-state index in [1.165, 1.54) is 6.42 Å². The first kappa shape index (κ1) is 8.79. The number of halogens is 1. The number of hydrogen-bond acceptors (Lipinski definition) is 1. The Balaban J connectivity index is 2.69. The van der Waals surface area contributed by atoms with E-state index in [1.54, 1.807) is 0 Å². The Morgan fingerprint density at radius 1 is 1.55 bits per heavy atom. The maximum atomic E-state index is 5.82. The van der Waals surface area contributed by atoms with E-state index in [9.17, 15) is 0 Å². The molecule has 0 amide bonds. The number of nitrogens with zero attached hydrogens (tertiary/aromatic N) is 1. The minimum atomic E-state index is 0.556. The van der Waals surface area contributed by atoms with Crippen molar-refractivity contribution < 1.29 is 0 Å². The molecule has 0 saturated heterocycles. The van der Waals surface area contributed by atoms with Crippen LogP contribution >= 0.6 is 11.6 Å². The average Bonchev–Trinajstić information content (AvgIpc) is 1.95. The van der Waals surface area contributed by atoms with Crippen LogP contribution in [-0.4, -0.2) is 6.21 Å². The summed E-state index contributed by atoms with van der Waals surface area (Å²) in [5.74, 6) is 1.27. The molecule has 1 aliphatic heterocycles. The molecule has 2 atom stereocenters. The molecule has 0 aromatic rings. The van der Waals surface area contributed by atoms with Crippen LogP contribution in [0.15, 0.2) is 16.2 Å². The Morgan fingerprint density at radius 3 is 3.00 bits per heavy atom. The summed E-state index contributed by atoms with van der Waals surface area (Å²) in [6.45, 7) is 4.44. The van der Waals surface area contributed by atoms with Crippen LogP contribution in [0, 0.1) is 11.8 Å². The summed E-state index contributed by atoms with van der Waals surface area (Å²) in [6.07, 6.45) is 6.20. The molecule has 0 aromatic heterocycles. The lowest BCUT2D eigenvalue weighted by Gasteiger charge is -2.16. The van der Waals surface area contributed by atoms with Gasteiger partial charge in [0.25, 0.3) is 0 Å². The summed E-state index contributed by atoms with van der Waals surface area (Å²) in [4.78, 5) is 4.07. The maximum Gasteiger partial charge on any atom is 0.124 e. The third-order valence-corrected chi connectivity index (χ3v) is 2.49. The van der Waals surface area contributed by atoms with Crippen LogP contribution in [0.5, 0.6) is 0 Å². The average molecular weight is 172 g/mol. The Labute approximate surface area is 73.2 Å². The fraction of sp³-hybridized carbons (Fsp3) is 0.667. The SMILES string of the molecule is CC1C=C(Cl)N=CCC[C@@H]1C. The normalized spacial score (nSPS) is 32.5. The van der Waals surface area contributed by atoms with Crippen LogP contribution in [0.3, 0.4) is 0 Å². The van der Waals surface area contributed by atoms with Crippen molar-refractivity contribution in [3.63, 3.8) is 0 Å². The maximum absolute atomic E-state index is 5.82. The predicted molar refractivity (Wildman–Crippen MR) is 50.0 cm³/mol. The van der Waals surface area contributed by atoms with Gasteiger partial charge in [0.1, 0.15) is 5.16 Å². The number of aliphatic imine (C=N–C) groups is 1. The molecule has 0 spiro atoms. The van der Waals surface area contributed by atoms with Gasteiger partial charge in [-0.15, -0.1) is 0 Å². The van der Waals surface area contributed by atoms with Gasteiger partial charge in [0.15, 0.2) is 0 Å². The molecular formula is C9H14ClN. The largest absolute Gasteiger partial charge is 0.249 e. The first-order valence-electron chi connectivity index (χ1n) is 4.10. The molecule has 0 radical (unpaired) electrons. The van der Waals surface area contributed by atoms with Gasteiger partial charge in [0.05, 0.1) is 0 Å². The van der Waals surface area contributed by atoms with Crippen LogP contribution in [0.4, 0.5) is 0 Å². The van der Waals surface area contributed by atoms with Gasteiger partial charge >= 0.3 is 0 Å². The van der Waals surface area contributed by atoms with Crippen molar-refractivity contribution in [2.75, 3.05) is 0 Å². The Morgan fingerprint density at radius 2 is 2.27 bits per heavy atom. The van der Waals surface area contributed by atoms with Crippen molar-refractivity contribution in [3.05, 3.63) is 11.2 Å². The second kappa shape index (κ2) is 3.91. The fourth-order valence-corrected chi connectivity index (χ4v) is 1.44. The van der Waals surface area contributed by atoms with Crippen LogP contribution < -0.4 is 0 Å². The first-order chi connectivity index (χ1) is 5.20. The quantitative estimate of drug-likeness (QED) is 0.497. The molecule has 2 heteroatoms. The molecule has 1 unspecified atom stereocenters. The monoisotopic (exact) mass is 171 g/mol. The van der Waals surface area contributed by atoms with E-state index in [0.29, 0.717) is 11.1 Å². The summed E-state index contributed by atoms with van der Waals surface area (Å²) in [5, 5.41) is 0.643. The van der Waals surface area contributed by atoms with E-state index in [-0.39, 0.29) is 0 Å². The van der Waals surface area contributed by atoms with Gasteiger partial charge in [0.2, 0.25) is 0 Å². The number of allylic oxidation sites excluding steroid dienone is 1. The van der Waals surface area contributed by atoms with E-state index in [2.05, 4.69) is 18.8 Å². The van der Waals surface area contributed by atoms with E-state index in [1.807, 2.05) is 12.3 Å².